The smallest absolute Gasteiger partial charge is 0.250 e. The minimum Gasteiger partial charge on any atom is -0.497 e. The Morgan fingerprint density at radius 2 is 1.92 bits per heavy atom. The van der Waals surface area contributed by atoms with Crippen molar-refractivity contribution in [2.75, 3.05) is 7.11 Å². The Balaban J connectivity index is 2.27. The Hall–Kier alpha value is -1.41. The number of hydrogen-bond acceptors (Lipinski definition) is 5. The SMILES string of the molecule is CCC(C)[C@H](NS(=O)(=O)c1cccs1)C(O)c1ccc(OC)cc1. The van der Waals surface area contributed by atoms with Crippen LogP contribution in [0.1, 0.15) is 31.9 Å². The lowest BCUT2D eigenvalue weighted by Crippen LogP contribution is -2.43. The fourth-order valence-corrected chi connectivity index (χ4v) is 4.77. The highest BCUT2D eigenvalue weighted by atomic mass is 32.2. The van der Waals surface area contributed by atoms with Gasteiger partial charge in [-0.3, -0.25) is 0 Å². The molecular formula is C17H23NO4S2. The Morgan fingerprint density at radius 3 is 2.42 bits per heavy atom. The Kier molecular flexibility index (Phi) is 6.40. The van der Waals surface area contributed by atoms with Crippen molar-refractivity contribution in [1.82, 2.24) is 4.72 Å². The summed E-state index contributed by atoms with van der Waals surface area (Å²) in [5, 5.41) is 12.5. The van der Waals surface area contributed by atoms with E-state index < -0.39 is 22.2 Å². The average molecular weight is 370 g/mol. The van der Waals surface area contributed by atoms with Gasteiger partial charge in [0.05, 0.1) is 19.3 Å². The summed E-state index contributed by atoms with van der Waals surface area (Å²) >= 11 is 1.16. The van der Waals surface area contributed by atoms with Crippen molar-refractivity contribution in [3.05, 3.63) is 47.3 Å². The number of rotatable bonds is 8. The molecule has 1 aromatic carbocycles. The van der Waals surface area contributed by atoms with Gasteiger partial charge in [-0.2, -0.15) is 0 Å². The molecule has 7 heteroatoms. The van der Waals surface area contributed by atoms with Crippen LogP contribution in [0.4, 0.5) is 0 Å². The topological polar surface area (TPSA) is 75.6 Å². The quantitative estimate of drug-likeness (QED) is 0.749. The maximum absolute atomic E-state index is 12.5. The van der Waals surface area contributed by atoms with Crippen LogP contribution < -0.4 is 9.46 Å². The van der Waals surface area contributed by atoms with E-state index in [0.29, 0.717) is 11.3 Å². The molecule has 0 spiro atoms. The summed E-state index contributed by atoms with van der Waals surface area (Å²) in [6.45, 7) is 3.90. The molecule has 0 aliphatic heterocycles. The molecule has 0 aliphatic rings. The van der Waals surface area contributed by atoms with E-state index in [9.17, 15) is 13.5 Å². The normalized spacial score (nSPS) is 15.7. The predicted octanol–water partition coefficient (Wildman–Crippen LogP) is 3.18. The van der Waals surface area contributed by atoms with Crippen LogP contribution in [-0.4, -0.2) is 26.7 Å². The summed E-state index contributed by atoms with van der Waals surface area (Å²) in [7, 11) is -2.08. The monoisotopic (exact) mass is 369 g/mol. The van der Waals surface area contributed by atoms with E-state index in [1.54, 1.807) is 48.9 Å². The van der Waals surface area contributed by atoms with Crippen LogP contribution in [0.25, 0.3) is 0 Å². The van der Waals surface area contributed by atoms with E-state index in [-0.39, 0.29) is 10.1 Å². The molecule has 0 fully saturated rings. The molecule has 2 N–H and O–H groups in total. The molecule has 0 radical (unpaired) electrons. The molecule has 132 valence electrons. The first-order valence-corrected chi connectivity index (χ1v) is 10.1. The van der Waals surface area contributed by atoms with E-state index in [4.69, 9.17) is 4.74 Å². The van der Waals surface area contributed by atoms with Crippen molar-refractivity contribution < 1.29 is 18.3 Å². The van der Waals surface area contributed by atoms with E-state index in [2.05, 4.69) is 4.72 Å². The van der Waals surface area contributed by atoms with E-state index in [1.165, 1.54) is 0 Å². The van der Waals surface area contributed by atoms with Crippen LogP contribution in [0.5, 0.6) is 5.75 Å². The summed E-state index contributed by atoms with van der Waals surface area (Å²) in [5.41, 5.74) is 0.648. The minimum atomic E-state index is -3.65. The van der Waals surface area contributed by atoms with Crippen molar-refractivity contribution >= 4 is 21.4 Å². The first-order valence-electron chi connectivity index (χ1n) is 7.77. The second-order valence-electron chi connectivity index (χ2n) is 5.68. The number of hydrogen-bond donors (Lipinski definition) is 2. The van der Waals surface area contributed by atoms with Crippen molar-refractivity contribution in [1.29, 1.82) is 0 Å². The van der Waals surface area contributed by atoms with Gasteiger partial charge in [0.1, 0.15) is 9.96 Å². The first kappa shape index (κ1) is 18.9. The number of benzene rings is 1. The van der Waals surface area contributed by atoms with Gasteiger partial charge >= 0.3 is 0 Å². The number of aliphatic hydroxyl groups is 1. The van der Waals surface area contributed by atoms with Gasteiger partial charge < -0.3 is 9.84 Å². The van der Waals surface area contributed by atoms with Gasteiger partial charge in [-0.05, 0) is 35.1 Å². The van der Waals surface area contributed by atoms with Crippen molar-refractivity contribution in [3.8, 4) is 5.75 Å². The van der Waals surface area contributed by atoms with E-state index >= 15 is 0 Å². The number of sulfonamides is 1. The van der Waals surface area contributed by atoms with Crippen LogP contribution in [0.3, 0.4) is 0 Å². The molecule has 5 nitrogen and oxygen atoms in total. The number of thiophene rings is 1. The lowest BCUT2D eigenvalue weighted by Gasteiger charge is -2.29. The molecule has 2 unspecified atom stereocenters. The largest absolute Gasteiger partial charge is 0.497 e. The molecule has 0 saturated heterocycles. The summed E-state index contributed by atoms with van der Waals surface area (Å²) in [6, 6.07) is 9.63. The summed E-state index contributed by atoms with van der Waals surface area (Å²) in [5.74, 6) is 0.655. The third-order valence-electron chi connectivity index (χ3n) is 4.11. The van der Waals surface area contributed by atoms with Gasteiger partial charge in [0.15, 0.2) is 0 Å². The molecule has 0 amide bonds. The summed E-state index contributed by atoms with van der Waals surface area (Å²) < 4.78 is 33.1. The van der Waals surface area contributed by atoms with Gasteiger partial charge in [-0.25, -0.2) is 13.1 Å². The van der Waals surface area contributed by atoms with Gasteiger partial charge in [-0.1, -0.05) is 38.5 Å². The van der Waals surface area contributed by atoms with Crippen LogP contribution in [0, 0.1) is 5.92 Å². The van der Waals surface area contributed by atoms with Crippen LogP contribution >= 0.6 is 11.3 Å². The minimum absolute atomic E-state index is 0.0307. The maximum Gasteiger partial charge on any atom is 0.250 e. The zero-order chi connectivity index (χ0) is 17.7. The van der Waals surface area contributed by atoms with Crippen LogP contribution in [0.15, 0.2) is 46.0 Å². The average Bonchev–Trinajstić information content (AvgIpc) is 3.14. The third kappa shape index (κ3) is 4.36. The Labute approximate surface area is 147 Å². The van der Waals surface area contributed by atoms with Gasteiger partial charge in [-0.15, -0.1) is 11.3 Å². The predicted molar refractivity (Wildman–Crippen MR) is 95.8 cm³/mol. The lowest BCUT2D eigenvalue weighted by molar-refractivity contribution is 0.112. The molecular weight excluding hydrogens is 346 g/mol. The Morgan fingerprint density at radius 1 is 1.25 bits per heavy atom. The van der Waals surface area contributed by atoms with Crippen LogP contribution in [0.2, 0.25) is 0 Å². The second-order valence-corrected chi connectivity index (χ2v) is 8.57. The standard InChI is InChI=1S/C17H23NO4S2/c1-4-12(2)16(18-24(20,21)15-6-5-11-23-15)17(19)13-7-9-14(22-3)10-8-13/h5-12,16-19H,4H2,1-3H3/t12?,16-,17?/m0/s1. The van der Waals surface area contributed by atoms with Crippen molar-refractivity contribution in [2.24, 2.45) is 5.92 Å². The van der Waals surface area contributed by atoms with Gasteiger partial charge in [0.25, 0.3) is 0 Å². The van der Waals surface area contributed by atoms with Crippen molar-refractivity contribution in [2.45, 2.75) is 36.6 Å². The molecule has 0 saturated carbocycles. The number of ether oxygens (including phenoxy) is 1. The van der Waals surface area contributed by atoms with Gasteiger partial charge in [0, 0.05) is 0 Å². The zero-order valence-corrected chi connectivity index (χ0v) is 15.6. The highest BCUT2D eigenvalue weighted by Crippen LogP contribution is 2.27. The molecule has 0 bridgehead atoms. The molecule has 2 aromatic rings. The molecule has 1 aromatic heterocycles. The number of nitrogens with one attached hydrogen (secondary N) is 1. The van der Waals surface area contributed by atoms with Crippen molar-refractivity contribution in [3.63, 3.8) is 0 Å². The highest BCUT2D eigenvalue weighted by molar-refractivity contribution is 7.91. The lowest BCUT2D eigenvalue weighted by atomic mass is 9.91. The summed E-state index contributed by atoms with van der Waals surface area (Å²) in [4.78, 5) is 0. The van der Waals surface area contributed by atoms with Gasteiger partial charge in [0.2, 0.25) is 10.0 Å². The zero-order valence-electron chi connectivity index (χ0n) is 14.0. The van der Waals surface area contributed by atoms with E-state index in [1.807, 2.05) is 13.8 Å². The third-order valence-corrected chi connectivity index (χ3v) is 6.96. The maximum atomic E-state index is 12.5. The fourth-order valence-electron chi connectivity index (χ4n) is 2.41. The first-order chi connectivity index (χ1) is 11.4. The molecule has 3 atom stereocenters. The second kappa shape index (κ2) is 8.11. The summed E-state index contributed by atoms with van der Waals surface area (Å²) in [6.07, 6.45) is -0.203. The highest BCUT2D eigenvalue weighted by Gasteiger charge is 2.31. The molecule has 24 heavy (non-hydrogen) atoms. The molecule has 1 heterocycles. The van der Waals surface area contributed by atoms with E-state index in [0.717, 1.165) is 17.8 Å². The fraction of sp³-hybridized carbons (Fsp3) is 0.412. The molecule has 2 rings (SSSR count). The Bertz CT molecular complexity index is 726. The number of methoxy groups -OCH3 is 1. The molecule has 0 aliphatic carbocycles. The van der Waals surface area contributed by atoms with Crippen LogP contribution in [-0.2, 0) is 10.0 Å². The number of aliphatic hydroxyl groups excluding tert-OH is 1.